The first-order chi connectivity index (χ1) is 9.06. The summed E-state index contributed by atoms with van der Waals surface area (Å²) >= 11 is 5.97. The molecule has 0 aliphatic carbocycles. The number of fused-ring (bicyclic) bond motifs is 1. The van der Waals surface area contributed by atoms with Crippen molar-refractivity contribution in [2.45, 2.75) is 4.90 Å². The monoisotopic (exact) mass is 299 g/mol. The van der Waals surface area contributed by atoms with Crippen molar-refractivity contribution in [3.8, 4) is 0 Å². The number of nitrogens with zero attached hydrogens (tertiary/aromatic N) is 1. The first-order valence-electron chi connectivity index (χ1n) is 5.74. The van der Waals surface area contributed by atoms with Crippen LogP contribution < -0.4 is 10.0 Å². The number of rotatable bonds is 5. The van der Waals surface area contributed by atoms with E-state index in [1.165, 1.54) is 6.20 Å². The molecule has 0 aliphatic heterocycles. The summed E-state index contributed by atoms with van der Waals surface area (Å²) in [6, 6.07) is 6.61. The van der Waals surface area contributed by atoms with Crippen molar-refractivity contribution in [3.05, 3.63) is 35.6 Å². The molecule has 2 aromatic rings. The van der Waals surface area contributed by atoms with Crippen molar-refractivity contribution in [2.75, 3.05) is 20.1 Å². The van der Waals surface area contributed by atoms with Crippen LogP contribution in [0.15, 0.2) is 35.4 Å². The van der Waals surface area contributed by atoms with Gasteiger partial charge in [-0.05, 0) is 19.2 Å². The third-order valence-electron chi connectivity index (χ3n) is 2.67. The number of pyridine rings is 1. The summed E-state index contributed by atoms with van der Waals surface area (Å²) in [7, 11) is -1.79. The van der Waals surface area contributed by atoms with Gasteiger partial charge < -0.3 is 5.32 Å². The molecule has 2 rings (SSSR count). The summed E-state index contributed by atoms with van der Waals surface area (Å²) < 4.78 is 27.0. The van der Waals surface area contributed by atoms with Crippen molar-refractivity contribution < 1.29 is 8.42 Å². The van der Waals surface area contributed by atoms with Crippen LogP contribution in [0.4, 0.5) is 0 Å². The van der Waals surface area contributed by atoms with Crippen LogP contribution in [0.25, 0.3) is 10.8 Å². The van der Waals surface area contributed by atoms with E-state index in [2.05, 4.69) is 15.0 Å². The topological polar surface area (TPSA) is 71.1 Å². The van der Waals surface area contributed by atoms with Crippen LogP contribution in [0, 0.1) is 0 Å². The molecule has 7 heteroatoms. The summed E-state index contributed by atoms with van der Waals surface area (Å²) in [5, 5.41) is 4.37. The van der Waals surface area contributed by atoms with Gasteiger partial charge in [0.1, 0.15) is 5.15 Å². The van der Waals surface area contributed by atoms with Gasteiger partial charge in [-0.25, -0.2) is 18.1 Å². The van der Waals surface area contributed by atoms with Crippen LogP contribution in [0.2, 0.25) is 5.15 Å². The van der Waals surface area contributed by atoms with Gasteiger partial charge in [0.2, 0.25) is 10.0 Å². The summed E-state index contributed by atoms with van der Waals surface area (Å²) in [5.41, 5.74) is 0. The Labute approximate surface area is 117 Å². The lowest BCUT2D eigenvalue weighted by molar-refractivity contribution is 0.580. The third-order valence-corrected chi connectivity index (χ3v) is 4.49. The van der Waals surface area contributed by atoms with Gasteiger partial charge in [0, 0.05) is 30.1 Å². The standard InChI is InChI=1S/C12H14ClN3O2S/c1-14-7-8-16-19(17,18)11-4-2-3-10-9(11)5-6-15-12(10)13/h2-6,14,16H,7-8H2,1H3. The molecule has 1 aromatic heterocycles. The largest absolute Gasteiger partial charge is 0.318 e. The fraction of sp³-hybridized carbons (Fsp3) is 0.250. The van der Waals surface area contributed by atoms with Gasteiger partial charge in [-0.2, -0.15) is 0 Å². The molecule has 5 nitrogen and oxygen atoms in total. The van der Waals surface area contributed by atoms with E-state index >= 15 is 0 Å². The zero-order chi connectivity index (χ0) is 13.9. The Morgan fingerprint density at radius 2 is 2.00 bits per heavy atom. The van der Waals surface area contributed by atoms with E-state index < -0.39 is 10.0 Å². The van der Waals surface area contributed by atoms with E-state index in [4.69, 9.17) is 11.6 Å². The number of halogens is 1. The van der Waals surface area contributed by atoms with E-state index in [9.17, 15) is 8.42 Å². The third kappa shape index (κ3) is 3.03. The fourth-order valence-corrected chi connectivity index (χ4v) is 3.24. The minimum atomic E-state index is -3.55. The van der Waals surface area contributed by atoms with Gasteiger partial charge in [-0.3, -0.25) is 0 Å². The molecule has 19 heavy (non-hydrogen) atoms. The Bertz CT molecular complexity index is 688. The highest BCUT2D eigenvalue weighted by Gasteiger charge is 2.17. The molecule has 0 radical (unpaired) electrons. The maximum Gasteiger partial charge on any atom is 0.241 e. The number of sulfonamides is 1. The quantitative estimate of drug-likeness (QED) is 0.646. The van der Waals surface area contributed by atoms with E-state index in [0.29, 0.717) is 29.0 Å². The van der Waals surface area contributed by atoms with Gasteiger partial charge in [-0.1, -0.05) is 23.7 Å². The second kappa shape index (κ2) is 5.83. The number of aromatic nitrogens is 1. The maximum absolute atomic E-state index is 12.2. The first-order valence-corrected chi connectivity index (χ1v) is 7.60. The smallest absolute Gasteiger partial charge is 0.241 e. The van der Waals surface area contributed by atoms with Crippen molar-refractivity contribution >= 4 is 32.4 Å². The highest BCUT2D eigenvalue weighted by molar-refractivity contribution is 7.89. The number of nitrogens with one attached hydrogen (secondary N) is 2. The van der Waals surface area contributed by atoms with Crippen molar-refractivity contribution in [3.63, 3.8) is 0 Å². The predicted molar refractivity (Wildman–Crippen MR) is 75.9 cm³/mol. The van der Waals surface area contributed by atoms with Gasteiger partial charge in [0.15, 0.2) is 0 Å². The normalized spacial score (nSPS) is 11.9. The first kappa shape index (κ1) is 14.2. The maximum atomic E-state index is 12.2. The lowest BCUT2D eigenvalue weighted by Gasteiger charge is -2.09. The van der Waals surface area contributed by atoms with Gasteiger partial charge >= 0.3 is 0 Å². The molecule has 1 aromatic carbocycles. The van der Waals surface area contributed by atoms with Crippen molar-refractivity contribution in [1.29, 1.82) is 0 Å². The molecule has 0 unspecified atom stereocenters. The summed E-state index contributed by atoms with van der Waals surface area (Å²) in [5.74, 6) is 0. The zero-order valence-electron chi connectivity index (χ0n) is 10.4. The highest BCUT2D eigenvalue weighted by Crippen LogP contribution is 2.26. The second-order valence-electron chi connectivity index (χ2n) is 3.95. The van der Waals surface area contributed by atoms with E-state index in [-0.39, 0.29) is 4.90 Å². The molecule has 0 atom stereocenters. The van der Waals surface area contributed by atoms with Gasteiger partial charge in [0.25, 0.3) is 0 Å². The summed E-state index contributed by atoms with van der Waals surface area (Å²) in [6.07, 6.45) is 1.50. The molecule has 0 bridgehead atoms. The molecule has 0 fully saturated rings. The Morgan fingerprint density at radius 1 is 1.21 bits per heavy atom. The molecule has 0 saturated heterocycles. The van der Waals surface area contributed by atoms with Crippen LogP contribution in [0.5, 0.6) is 0 Å². The Hall–Kier alpha value is -1.21. The Kier molecular flexibility index (Phi) is 4.36. The predicted octanol–water partition coefficient (Wildman–Crippen LogP) is 1.39. The van der Waals surface area contributed by atoms with Crippen LogP contribution in [-0.4, -0.2) is 33.5 Å². The van der Waals surface area contributed by atoms with E-state index in [1.54, 1.807) is 31.3 Å². The number of likely N-dealkylation sites (N-methyl/N-ethyl adjacent to an activating group) is 1. The molecule has 1 heterocycles. The van der Waals surface area contributed by atoms with E-state index in [1.807, 2.05) is 0 Å². The molecule has 0 amide bonds. The highest BCUT2D eigenvalue weighted by atomic mass is 35.5. The zero-order valence-corrected chi connectivity index (χ0v) is 11.9. The average molecular weight is 300 g/mol. The second-order valence-corrected chi connectivity index (χ2v) is 6.05. The summed E-state index contributed by atoms with van der Waals surface area (Å²) in [6.45, 7) is 0.889. The number of benzene rings is 1. The number of hydrogen-bond acceptors (Lipinski definition) is 4. The Balaban J connectivity index is 2.48. The van der Waals surface area contributed by atoms with Crippen LogP contribution in [-0.2, 0) is 10.0 Å². The molecular weight excluding hydrogens is 286 g/mol. The lowest BCUT2D eigenvalue weighted by atomic mass is 10.2. The Morgan fingerprint density at radius 3 is 2.74 bits per heavy atom. The molecular formula is C12H14ClN3O2S. The number of hydrogen-bond donors (Lipinski definition) is 2. The molecule has 102 valence electrons. The molecule has 0 spiro atoms. The van der Waals surface area contributed by atoms with Crippen LogP contribution in [0.3, 0.4) is 0 Å². The van der Waals surface area contributed by atoms with Gasteiger partial charge in [-0.15, -0.1) is 0 Å². The average Bonchev–Trinajstić information content (AvgIpc) is 2.39. The van der Waals surface area contributed by atoms with Gasteiger partial charge in [0.05, 0.1) is 4.90 Å². The molecule has 0 saturated carbocycles. The lowest BCUT2D eigenvalue weighted by Crippen LogP contribution is -2.30. The van der Waals surface area contributed by atoms with Crippen molar-refractivity contribution in [1.82, 2.24) is 15.0 Å². The minimum absolute atomic E-state index is 0.213. The van der Waals surface area contributed by atoms with Crippen LogP contribution >= 0.6 is 11.6 Å². The SMILES string of the molecule is CNCCNS(=O)(=O)c1cccc2c(Cl)nccc12. The van der Waals surface area contributed by atoms with Crippen LogP contribution in [0.1, 0.15) is 0 Å². The van der Waals surface area contributed by atoms with Crippen molar-refractivity contribution in [2.24, 2.45) is 0 Å². The minimum Gasteiger partial charge on any atom is -0.318 e. The molecule has 0 aliphatic rings. The molecule has 2 N–H and O–H groups in total. The fourth-order valence-electron chi connectivity index (χ4n) is 1.77. The summed E-state index contributed by atoms with van der Waals surface area (Å²) in [4.78, 5) is 4.16. The van der Waals surface area contributed by atoms with E-state index in [0.717, 1.165) is 0 Å².